The van der Waals surface area contributed by atoms with E-state index in [0.29, 0.717) is 111 Å². The number of carbonyl (C=O) groups excluding carboxylic acids is 2. The second kappa shape index (κ2) is 51.5. The quantitative estimate of drug-likeness (QED) is 0.0603. The van der Waals surface area contributed by atoms with Gasteiger partial charge in [-0.3, -0.25) is 9.59 Å². The van der Waals surface area contributed by atoms with E-state index >= 15 is 0 Å². The number of nitrogens with zero attached hydrogens (tertiary/aromatic N) is 2. The number of amides is 2. The van der Waals surface area contributed by atoms with Crippen LogP contribution < -0.4 is 15.4 Å². The molecule has 2 aliphatic rings. The van der Waals surface area contributed by atoms with Crippen LogP contribution in [0, 0.1) is 101 Å². The normalized spacial score (nSPS) is 14.0. The summed E-state index contributed by atoms with van der Waals surface area (Å²) in [5, 5.41) is 14.5. The molecule has 12 aromatic carbocycles. The van der Waals surface area contributed by atoms with Crippen LogP contribution in [0.15, 0.2) is 200 Å². The molecule has 2 saturated heterocycles. The third-order valence-electron chi connectivity index (χ3n) is 26.5. The Labute approximate surface area is 876 Å². The second-order valence-corrected chi connectivity index (χ2v) is 46.7. The van der Waals surface area contributed by atoms with Gasteiger partial charge in [-0.1, -0.05) is 218 Å². The molecule has 2 atom stereocenters. The van der Waals surface area contributed by atoms with Crippen molar-refractivity contribution in [3.63, 3.8) is 0 Å². The van der Waals surface area contributed by atoms with E-state index in [9.17, 15) is 53.9 Å². The Morgan fingerprint density at radius 1 is 0.324 bits per heavy atom. The Morgan fingerprint density at radius 2 is 0.608 bits per heavy atom. The fraction of sp³-hybridized carbons (Fsp3) is 0.414. The van der Waals surface area contributed by atoms with Gasteiger partial charge in [-0.25, -0.2) is 44.3 Å². The predicted molar refractivity (Wildman–Crippen MR) is 592 cm³/mol. The Balaban J connectivity index is 0.000000211. The highest BCUT2D eigenvalue weighted by atomic mass is 19.2. The number of hydrogen-bond acceptors (Lipinski definition) is 8. The van der Waals surface area contributed by atoms with Gasteiger partial charge in [-0.2, -0.15) is 0 Å². The molecule has 2 amide bonds. The predicted octanol–water partition coefficient (Wildman–Crippen LogP) is 32.3. The summed E-state index contributed by atoms with van der Waals surface area (Å²) in [6.07, 6.45) is 3.65. The highest BCUT2D eigenvalue weighted by Crippen LogP contribution is 2.42. The number of carbonyl (C=O) groups is 3. The van der Waals surface area contributed by atoms with Crippen LogP contribution >= 0.6 is 0 Å². The first kappa shape index (κ1) is 121. The number of methoxy groups -OCH3 is 2. The number of aryl methyl sites for hydroxylation is 7. The highest BCUT2D eigenvalue weighted by Gasteiger charge is 2.32. The lowest BCUT2D eigenvalue weighted by Gasteiger charge is -2.31. The summed E-state index contributed by atoms with van der Waals surface area (Å²) in [6, 6.07) is 59.0. The van der Waals surface area contributed by atoms with E-state index in [4.69, 9.17) is 19.3 Å². The number of aromatic carboxylic acids is 1. The number of nitrogens with one attached hydrogen (secondary N) is 2. The van der Waals surface area contributed by atoms with Gasteiger partial charge in [0.1, 0.15) is 64.7 Å². The highest BCUT2D eigenvalue weighted by molar-refractivity contribution is 5.96. The number of piperidine rings is 1. The van der Waals surface area contributed by atoms with Crippen molar-refractivity contribution in [2.45, 2.75) is 263 Å². The van der Waals surface area contributed by atoms with Crippen LogP contribution in [0.1, 0.15) is 297 Å². The van der Waals surface area contributed by atoms with Gasteiger partial charge >= 0.3 is 5.97 Å². The van der Waals surface area contributed by atoms with Crippen LogP contribution in [-0.4, -0.2) is 121 Å². The van der Waals surface area contributed by atoms with Crippen molar-refractivity contribution in [1.29, 1.82) is 0 Å². The standard InChI is InChI=1S/C21H26FNO2.C20H25FO2.C19H22FNO.C18H19FO2.C17H17F3.C17H26FN.C16H24FN/c1-14-11-17(13-18(19(14)22)21(2,3)4)15-7-6-8-16(12-15)20(24)23-9-10-25-5;1-14-11-16(13-18(19(14)21)20(2,3)4)15-7-6-8-17(12-15)23-10-9-22-5;1-12-9-15(11-16(17(12)20)19(2,3)4)13-7-6-8-14(10-13)18(22)21-5;1-11-8-14(10-15(16(11)19)18(2,3)4)12-6-5-7-13(9-12)17(20)21;1-10-5-11(8-15(16(10)20)17(2,3)4)12-6-13(18)9-14(19)7-12;1-12-9-14(13-7-6-8-19(5)11-13)10-15(16(12)18)17(2,3)4;1-11-8-13(12-6-7-18(5)10-12)9-14(15(11)17)16(2,3)4/h6-8,11-13H,9-10H2,1-5H3,(H,23,24);6-8,11-13H,9-10H2,1-5H3;6-11H,1-5H3,(H,21,22);5-10H,1-4H3,(H,20,21);5-9H,1-4H3;9-10,13H,6-8,11H2,1-5H3;8-9,12H,6-7,10H2,1-5H3. The fourth-order valence-corrected chi connectivity index (χ4v) is 18.0. The van der Waals surface area contributed by atoms with E-state index in [2.05, 4.69) is 94.3 Å². The molecular formula is C128H159F9N4O7. The molecule has 0 aromatic heterocycles. The van der Waals surface area contributed by atoms with Crippen LogP contribution in [-0.2, 0) is 47.4 Å². The summed E-state index contributed by atoms with van der Waals surface area (Å²) in [6.45, 7) is 61.2. The van der Waals surface area contributed by atoms with Crippen molar-refractivity contribution >= 4 is 17.8 Å². The molecule has 2 fully saturated rings. The fourth-order valence-electron chi connectivity index (χ4n) is 18.0. The van der Waals surface area contributed by atoms with Crippen LogP contribution in [0.2, 0.25) is 0 Å². The second-order valence-electron chi connectivity index (χ2n) is 46.7. The molecule has 796 valence electrons. The minimum absolute atomic E-state index is 0.0274. The molecule has 0 spiro atoms. The molecule has 12 aromatic rings. The molecule has 0 bridgehead atoms. The molecule has 20 heteroatoms. The van der Waals surface area contributed by atoms with Gasteiger partial charge in [0.25, 0.3) is 11.8 Å². The number of benzene rings is 12. The molecule has 2 aliphatic heterocycles. The van der Waals surface area contributed by atoms with E-state index in [1.54, 1.807) is 97.5 Å². The SMILES string of the molecule is CNC(=O)c1cccc(-c2cc(C)c(F)c(C(C)(C)C)c2)c1.COCCNC(=O)c1cccc(-c2cc(C)c(F)c(C(C)(C)C)c2)c1.COCCOc1cccc(-c2cc(C)c(F)c(C(C)(C)C)c2)c1.Cc1cc(-c2cc(F)cc(F)c2)cc(C(C)(C)C)c1F.Cc1cc(-c2cccc(C(=O)O)c2)cc(C(C)(C)C)c1F.Cc1cc(C2CCCN(C)C2)cc(C(C)(C)C)c1F.Cc1cc(C2CCN(C)C2)cc(C(C)(C)C)c1F. The third kappa shape index (κ3) is 33.8. The number of carboxylic acids is 1. The molecular weight excluding hydrogens is 1880 g/mol. The average Bonchev–Trinajstić information content (AvgIpc) is 1.57. The van der Waals surface area contributed by atoms with Crippen LogP contribution in [0.3, 0.4) is 0 Å². The minimum atomic E-state index is -0.966. The van der Waals surface area contributed by atoms with Crippen molar-refractivity contribution in [2.75, 3.05) is 87.9 Å². The summed E-state index contributed by atoms with van der Waals surface area (Å²) >= 11 is 0. The van der Waals surface area contributed by atoms with E-state index in [1.807, 2.05) is 240 Å². The summed E-state index contributed by atoms with van der Waals surface area (Å²) < 4.78 is 143. The number of likely N-dealkylation sites (N-methyl/N-ethyl adjacent to an activating group) is 2. The topological polar surface area (TPSA) is 130 Å². The molecule has 0 aliphatic carbocycles. The van der Waals surface area contributed by atoms with Gasteiger partial charge in [-0.15, -0.1) is 0 Å². The van der Waals surface area contributed by atoms with Gasteiger partial charge in [0.2, 0.25) is 0 Å². The number of rotatable bonds is 17. The maximum absolute atomic E-state index is 14.5. The number of ether oxygens (including phenoxy) is 3. The molecule has 0 radical (unpaired) electrons. The molecule has 11 nitrogen and oxygen atoms in total. The van der Waals surface area contributed by atoms with Crippen LogP contribution in [0.4, 0.5) is 39.5 Å². The monoisotopic (exact) mass is 2040 g/mol. The van der Waals surface area contributed by atoms with Gasteiger partial charge in [-0.05, 0) is 411 Å². The maximum atomic E-state index is 14.5. The molecule has 2 unspecified atom stereocenters. The Morgan fingerprint density at radius 3 is 0.926 bits per heavy atom. The van der Waals surface area contributed by atoms with Gasteiger partial charge in [0.05, 0.1) is 18.8 Å². The molecule has 2 heterocycles. The summed E-state index contributed by atoms with van der Waals surface area (Å²) in [5.41, 5.74) is 20.1. The minimum Gasteiger partial charge on any atom is -0.491 e. The Hall–Kier alpha value is -11.9. The zero-order valence-electron chi connectivity index (χ0n) is 93.7. The van der Waals surface area contributed by atoms with Gasteiger partial charge in [0.15, 0.2) is 0 Å². The molecule has 3 N–H and O–H groups in total. The summed E-state index contributed by atoms with van der Waals surface area (Å²) in [4.78, 5) is 39.8. The number of hydrogen-bond donors (Lipinski definition) is 3. The number of likely N-dealkylation sites (tertiary alicyclic amines) is 2. The van der Waals surface area contributed by atoms with Gasteiger partial charge < -0.3 is 39.8 Å². The third-order valence-corrected chi connectivity index (χ3v) is 26.5. The van der Waals surface area contributed by atoms with Crippen molar-refractivity contribution < 1.29 is 73.2 Å². The first-order valence-corrected chi connectivity index (χ1v) is 51.0. The molecule has 0 saturated carbocycles. The lowest BCUT2D eigenvalue weighted by atomic mass is 9.81. The largest absolute Gasteiger partial charge is 0.491 e. The van der Waals surface area contributed by atoms with E-state index in [1.165, 1.54) is 49.1 Å². The van der Waals surface area contributed by atoms with Crippen molar-refractivity contribution in [1.82, 2.24) is 20.4 Å². The molecule has 14 rings (SSSR count). The number of halogens is 9. The Bertz CT molecular complexity index is 6590. The van der Waals surface area contributed by atoms with E-state index in [0.717, 1.165) is 104 Å². The van der Waals surface area contributed by atoms with Crippen LogP contribution in [0.25, 0.3) is 55.6 Å². The maximum Gasteiger partial charge on any atom is 0.335 e. The lowest BCUT2D eigenvalue weighted by Crippen LogP contribution is -2.31. The molecule has 148 heavy (non-hydrogen) atoms. The van der Waals surface area contributed by atoms with E-state index in [-0.39, 0.29) is 96.0 Å². The zero-order chi connectivity index (χ0) is 111. The van der Waals surface area contributed by atoms with Crippen molar-refractivity contribution in [3.8, 4) is 61.4 Å². The van der Waals surface area contributed by atoms with E-state index < -0.39 is 17.6 Å². The Kier molecular flexibility index (Phi) is 42.2. The first-order chi connectivity index (χ1) is 68.7. The number of carboxylic acid groups (broad SMARTS) is 1. The first-order valence-electron chi connectivity index (χ1n) is 51.0. The van der Waals surface area contributed by atoms with Crippen LogP contribution in [0.5, 0.6) is 5.75 Å². The van der Waals surface area contributed by atoms with Crippen molar-refractivity contribution in [2.24, 2.45) is 0 Å². The zero-order valence-corrected chi connectivity index (χ0v) is 93.7. The summed E-state index contributed by atoms with van der Waals surface area (Å²) in [7, 11) is 9.18. The van der Waals surface area contributed by atoms with Gasteiger partial charge in [0, 0.05) is 58.1 Å². The average molecular weight is 2040 g/mol. The lowest BCUT2D eigenvalue weighted by molar-refractivity contribution is 0.0696. The van der Waals surface area contributed by atoms with Crippen molar-refractivity contribution in [3.05, 3.63) is 358 Å². The smallest absolute Gasteiger partial charge is 0.335 e. The summed E-state index contributed by atoms with van der Waals surface area (Å²) in [5.74, 6) is -1.56.